The number of halogens is 1. The second kappa shape index (κ2) is 6.05. The minimum atomic E-state index is 0.657. The van der Waals surface area contributed by atoms with Gasteiger partial charge in [-0.3, -0.25) is 4.72 Å². The van der Waals surface area contributed by atoms with Crippen LogP contribution in [0.2, 0.25) is 0 Å². The molecule has 0 bridgehead atoms. The first-order chi connectivity index (χ1) is 7.74. The van der Waals surface area contributed by atoms with Crippen molar-refractivity contribution >= 4 is 27.9 Å². The van der Waals surface area contributed by atoms with E-state index in [2.05, 4.69) is 56.9 Å². The van der Waals surface area contributed by atoms with Gasteiger partial charge < -0.3 is 4.90 Å². The number of rotatable bonds is 3. The van der Waals surface area contributed by atoms with Crippen molar-refractivity contribution in [1.82, 2.24) is 9.62 Å². The summed E-state index contributed by atoms with van der Waals surface area (Å²) in [5.41, 5.74) is 0. The summed E-state index contributed by atoms with van der Waals surface area (Å²) in [5.74, 6) is 0. The van der Waals surface area contributed by atoms with E-state index < -0.39 is 0 Å². The molecule has 88 valence electrons. The zero-order valence-corrected chi connectivity index (χ0v) is 11.9. The second-order valence-corrected chi connectivity index (χ2v) is 6.08. The standard InChI is InChI=1S/C12H17BrN2S/c1-15-8-6-11(7-9-15)14-16-12-4-2-10(13)3-5-12/h2-5,11,14H,6-9H2,1H3. The van der Waals surface area contributed by atoms with Crippen LogP contribution in [0.4, 0.5) is 0 Å². The van der Waals surface area contributed by atoms with Crippen molar-refractivity contribution < 1.29 is 0 Å². The van der Waals surface area contributed by atoms with Crippen molar-refractivity contribution in [3.63, 3.8) is 0 Å². The van der Waals surface area contributed by atoms with Gasteiger partial charge >= 0.3 is 0 Å². The summed E-state index contributed by atoms with van der Waals surface area (Å²) in [5, 5.41) is 0. The van der Waals surface area contributed by atoms with Crippen LogP contribution in [0.5, 0.6) is 0 Å². The lowest BCUT2D eigenvalue weighted by Crippen LogP contribution is -2.38. The maximum Gasteiger partial charge on any atom is 0.0228 e. The summed E-state index contributed by atoms with van der Waals surface area (Å²) in [4.78, 5) is 3.67. The number of piperidine rings is 1. The molecule has 2 rings (SSSR count). The molecular weight excluding hydrogens is 284 g/mol. The molecule has 0 aromatic heterocycles. The van der Waals surface area contributed by atoms with Gasteiger partial charge in [0.15, 0.2) is 0 Å². The smallest absolute Gasteiger partial charge is 0.0228 e. The summed E-state index contributed by atoms with van der Waals surface area (Å²) in [7, 11) is 2.19. The molecule has 1 aromatic carbocycles. The average molecular weight is 301 g/mol. The van der Waals surface area contributed by atoms with Crippen molar-refractivity contribution in [2.75, 3.05) is 20.1 Å². The van der Waals surface area contributed by atoms with E-state index in [1.54, 1.807) is 11.9 Å². The van der Waals surface area contributed by atoms with Crippen LogP contribution in [0.15, 0.2) is 33.6 Å². The Kier molecular flexibility index (Phi) is 4.70. The zero-order chi connectivity index (χ0) is 11.4. The highest BCUT2D eigenvalue weighted by atomic mass is 79.9. The fraction of sp³-hybridized carbons (Fsp3) is 0.500. The topological polar surface area (TPSA) is 15.3 Å². The molecule has 1 N–H and O–H groups in total. The third kappa shape index (κ3) is 3.77. The van der Waals surface area contributed by atoms with Gasteiger partial charge in [0.2, 0.25) is 0 Å². The number of likely N-dealkylation sites (tertiary alicyclic amines) is 1. The number of hydrogen-bond donors (Lipinski definition) is 1. The molecule has 2 nitrogen and oxygen atoms in total. The van der Waals surface area contributed by atoms with Crippen LogP contribution < -0.4 is 4.72 Å². The van der Waals surface area contributed by atoms with Crippen LogP contribution >= 0.6 is 27.9 Å². The van der Waals surface area contributed by atoms with Gasteiger partial charge in [0.05, 0.1) is 0 Å². The molecule has 1 saturated heterocycles. The van der Waals surface area contributed by atoms with Crippen molar-refractivity contribution in [3.05, 3.63) is 28.7 Å². The van der Waals surface area contributed by atoms with Gasteiger partial charge in [0.1, 0.15) is 0 Å². The third-order valence-corrected chi connectivity index (χ3v) is 4.36. The van der Waals surface area contributed by atoms with Gasteiger partial charge in [-0.1, -0.05) is 15.9 Å². The Morgan fingerprint density at radius 2 is 1.88 bits per heavy atom. The summed E-state index contributed by atoms with van der Waals surface area (Å²) in [6.07, 6.45) is 2.50. The van der Waals surface area contributed by atoms with Crippen molar-refractivity contribution in [2.24, 2.45) is 0 Å². The van der Waals surface area contributed by atoms with Crippen molar-refractivity contribution in [2.45, 2.75) is 23.8 Å². The van der Waals surface area contributed by atoms with E-state index in [4.69, 9.17) is 0 Å². The minimum absolute atomic E-state index is 0.657. The van der Waals surface area contributed by atoms with Crippen LogP contribution in [0, 0.1) is 0 Å². The highest BCUT2D eigenvalue weighted by Crippen LogP contribution is 2.20. The Balaban J connectivity index is 1.77. The van der Waals surface area contributed by atoms with Crippen molar-refractivity contribution in [3.8, 4) is 0 Å². The van der Waals surface area contributed by atoms with Gasteiger partial charge in [-0.15, -0.1) is 0 Å². The first kappa shape index (κ1) is 12.4. The molecule has 1 fully saturated rings. The normalized spacial score (nSPS) is 18.9. The predicted octanol–water partition coefficient (Wildman–Crippen LogP) is 3.14. The highest BCUT2D eigenvalue weighted by Gasteiger charge is 2.15. The quantitative estimate of drug-likeness (QED) is 0.864. The van der Waals surface area contributed by atoms with Crippen LogP contribution in [0.25, 0.3) is 0 Å². The molecule has 0 aliphatic carbocycles. The maximum absolute atomic E-state index is 3.55. The molecule has 1 heterocycles. The fourth-order valence-electron chi connectivity index (χ4n) is 1.78. The Labute approximate surface area is 110 Å². The van der Waals surface area contributed by atoms with Gasteiger partial charge in [-0.05, 0) is 69.2 Å². The first-order valence-electron chi connectivity index (χ1n) is 5.60. The molecule has 0 amide bonds. The number of benzene rings is 1. The van der Waals surface area contributed by atoms with Gasteiger partial charge in [0.25, 0.3) is 0 Å². The SMILES string of the molecule is CN1CCC(NSc2ccc(Br)cc2)CC1. The molecule has 0 atom stereocenters. The molecule has 1 aliphatic rings. The van der Waals surface area contributed by atoms with Crippen LogP contribution in [0.1, 0.15) is 12.8 Å². The lowest BCUT2D eigenvalue weighted by molar-refractivity contribution is 0.250. The third-order valence-electron chi connectivity index (χ3n) is 2.88. The largest absolute Gasteiger partial charge is 0.306 e. The van der Waals surface area contributed by atoms with E-state index in [0.29, 0.717) is 6.04 Å². The molecule has 0 spiro atoms. The predicted molar refractivity (Wildman–Crippen MR) is 73.7 cm³/mol. The first-order valence-corrected chi connectivity index (χ1v) is 7.21. The highest BCUT2D eigenvalue weighted by molar-refractivity contribution is 9.10. The monoisotopic (exact) mass is 300 g/mol. The Morgan fingerprint density at radius 1 is 1.25 bits per heavy atom. The van der Waals surface area contributed by atoms with E-state index in [1.807, 2.05) is 0 Å². The van der Waals surface area contributed by atoms with Crippen LogP contribution in [-0.4, -0.2) is 31.1 Å². The molecule has 0 unspecified atom stereocenters. The molecule has 1 aliphatic heterocycles. The van der Waals surface area contributed by atoms with E-state index in [-0.39, 0.29) is 0 Å². The van der Waals surface area contributed by atoms with Crippen LogP contribution in [0.3, 0.4) is 0 Å². The molecule has 1 aromatic rings. The lowest BCUT2D eigenvalue weighted by atomic mass is 10.1. The summed E-state index contributed by atoms with van der Waals surface area (Å²) < 4.78 is 4.69. The van der Waals surface area contributed by atoms with E-state index in [1.165, 1.54) is 30.8 Å². The molecule has 4 heteroatoms. The summed E-state index contributed by atoms with van der Waals surface area (Å²) >= 11 is 5.19. The average Bonchev–Trinajstić information content (AvgIpc) is 2.30. The Bertz CT molecular complexity index is 320. The van der Waals surface area contributed by atoms with Gasteiger partial charge in [-0.2, -0.15) is 0 Å². The van der Waals surface area contributed by atoms with E-state index in [0.717, 1.165) is 4.47 Å². The minimum Gasteiger partial charge on any atom is -0.306 e. The number of hydrogen-bond acceptors (Lipinski definition) is 3. The molecule has 16 heavy (non-hydrogen) atoms. The molecule has 0 saturated carbocycles. The zero-order valence-electron chi connectivity index (χ0n) is 9.45. The Morgan fingerprint density at radius 3 is 2.50 bits per heavy atom. The lowest BCUT2D eigenvalue weighted by Gasteiger charge is -2.29. The second-order valence-electron chi connectivity index (χ2n) is 4.25. The van der Waals surface area contributed by atoms with E-state index >= 15 is 0 Å². The molecular formula is C12H17BrN2S. The maximum atomic E-state index is 3.55. The van der Waals surface area contributed by atoms with Crippen molar-refractivity contribution in [1.29, 1.82) is 0 Å². The Hall–Kier alpha value is -0.0300. The fourth-order valence-corrected chi connectivity index (χ4v) is 2.86. The van der Waals surface area contributed by atoms with E-state index in [9.17, 15) is 0 Å². The number of nitrogens with zero attached hydrogens (tertiary/aromatic N) is 1. The van der Waals surface area contributed by atoms with Gasteiger partial charge in [-0.25, -0.2) is 0 Å². The molecule has 0 radical (unpaired) electrons. The van der Waals surface area contributed by atoms with Crippen LogP contribution in [-0.2, 0) is 0 Å². The summed E-state index contributed by atoms with van der Waals surface area (Å²) in [6.45, 7) is 2.41. The number of nitrogens with one attached hydrogen (secondary N) is 1. The van der Waals surface area contributed by atoms with Gasteiger partial charge in [0, 0.05) is 15.4 Å². The summed E-state index contributed by atoms with van der Waals surface area (Å²) in [6, 6.07) is 9.09.